The fraction of sp³-hybridized carbons (Fsp3) is 0.333. The van der Waals surface area contributed by atoms with Crippen LogP contribution in [0.3, 0.4) is 0 Å². The van der Waals surface area contributed by atoms with Gasteiger partial charge in [-0.3, -0.25) is 0 Å². The molecule has 1 fully saturated rings. The van der Waals surface area contributed by atoms with Crippen molar-refractivity contribution in [2.45, 2.75) is 6.42 Å². The van der Waals surface area contributed by atoms with E-state index in [2.05, 4.69) is 28.2 Å². The molecule has 0 atom stereocenters. The zero-order valence-electron chi connectivity index (χ0n) is 20.1. The minimum Gasteiger partial charge on any atom is -0.493 e. The quantitative estimate of drug-likeness (QED) is 0.374. The average Bonchev–Trinajstić information content (AvgIpc) is 3.37. The second-order valence-electron chi connectivity index (χ2n) is 8.80. The largest absolute Gasteiger partial charge is 0.493 e. The number of nitrogens with one attached hydrogen (secondary N) is 1. The van der Waals surface area contributed by atoms with Crippen LogP contribution in [0.1, 0.15) is 12.0 Å². The van der Waals surface area contributed by atoms with Crippen LogP contribution in [-0.4, -0.2) is 68.3 Å². The van der Waals surface area contributed by atoms with Gasteiger partial charge in [0.15, 0.2) is 11.5 Å². The summed E-state index contributed by atoms with van der Waals surface area (Å²) >= 11 is 0. The molecule has 35 heavy (non-hydrogen) atoms. The maximum atomic E-state index is 9.76. The van der Waals surface area contributed by atoms with Crippen LogP contribution < -0.4 is 14.8 Å². The topological polar surface area (TPSA) is 86.8 Å². The van der Waals surface area contributed by atoms with Crippen LogP contribution >= 0.6 is 0 Å². The summed E-state index contributed by atoms with van der Waals surface area (Å²) in [6, 6.07) is 15.5. The van der Waals surface area contributed by atoms with Gasteiger partial charge in [-0.15, -0.1) is 0 Å². The molecule has 0 spiro atoms. The fourth-order valence-electron chi connectivity index (χ4n) is 4.41. The van der Waals surface area contributed by atoms with Crippen LogP contribution in [0.4, 0.5) is 11.5 Å². The summed E-state index contributed by atoms with van der Waals surface area (Å²) in [6.07, 6.45) is 2.56. The SMILES string of the molecule is COc1cc2cc(C#N)c(Nc3ccoc4cccc3-4)nc2cc1OCCCN1CCN(C)CC1. The number of rotatable bonds is 8. The average molecular weight is 472 g/mol. The minimum absolute atomic E-state index is 0.445. The van der Waals surface area contributed by atoms with Gasteiger partial charge in [0.25, 0.3) is 0 Å². The van der Waals surface area contributed by atoms with Gasteiger partial charge >= 0.3 is 0 Å². The first kappa shape index (κ1) is 23.0. The van der Waals surface area contributed by atoms with Crippen LogP contribution in [0.15, 0.2) is 53.1 Å². The highest BCUT2D eigenvalue weighted by molar-refractivity contribution is 5.88. The third-order valence-electron chi connectivity index (χ3n) is 6.44. The number of hydrogen-bond donors (Lipinski definition) is 1. The number of aromatic nitrogens is 1. The molecule has 2 aromatic rings. The Morgan fingerprint density at radius 3 is 2.77 bits per heavy atom. The van der Waals surface area contributed by atoms with E-state index < -0.39 is 0 Å². The Morgan fingerprint density at radius 1 is 1.11 bits per heavy atom. The normalized spacial score (nSPS) is 14.8. The van der Waals surface area contributed by atoms with Gasteiger partial charge in [0.2, 0.25) is 0 Å². The molecule has 2 aliphatic heterocycles. The van der Waals surface area contributed by atoms with Crippen molar-refractivity contribution in [1.82, 2.24) is 14.8 Å². The Morgan fingerprint density at radius 2 is 1.97 bits per heavy atom. The Hall–Kier alpha value is -3.80. The van der Waals surface area contributed by atoms with Gasteiger partial charge in [-0.25, -0.2) is 4.98 Å². The molecule has 0 saturated carbocycles. The van der Waals surface area contributed by atoms with Crippen molar-refractivity contribution < 1.29 is 13.9 Å². The number of pyridine rings is 1. The van der Waals surface area contributed by atoms with Gasteiger partial charge in [-0.05, 0) is 43.8 Å². The van der Waals surface area contributed by atoms with E-state index in [9.17, 15) is 5.26 Å². The van der Waals surface area contributed by atoms with Crippen molar-refractivity contribution in [1.29, 1.82) is 5.26 Å². The Balaban J connectivity index is 1.35. The smallest absolute Gasteiger partial charge is 0.163 e. The molecule has 1 saturated heterocycles. The second kappa shape index (κ2) is 10.2. The summed E-state index contributed by atoms with van der Waals surface area (Å²) in [4.78, 5) is 9.60. The number of benzene rings is 1. The first-order valence-electron chi connectivity index (χ1n) is 11.8. The molecule has 0 amide bonds. The van der Waals surface area contributed by atoms with Gasteiger partial charge < -0.3 is 29.0 Å². The first-order valence-corrected chi connectivity index (χ1v) is 11.8. The number of ether oxygens (including phenoxy) is 2. The molecule has 1 aromatic carbocycles. The molecule has 0 radical (unpaired) electrons. The summed E-state index contributed by atoms with van der Waals surface area (Å²) in [5.41, 5.74) is 2.92. The molecule has 8 heteroatoms. The molecule has 1 N–H and O–H groups in total. The number of fused-ring (bicyclic) bond motifs is 2. The molecule has 5 rings (SSSR count). The highest BCUT2D eigenvalue weighted by atomic mass is 16.5. The van der Waals surface area contributed by atoms with Gasteiger partial charge in [0.1, 0.15) is 17.6 Å². The Kier molecular flexibility index (Phi) is 6.70. The van der Waals surface area contributed by atoms with Crippen molar-refractivity contribution in [3.05, 3.63) is 54.3 Å². The van der Waals surface area contributed by atoms with Crippen LogP contribution in [0.5, 0.6) is 11.5 Å². The van der Waals surface area contributed by atoms with Crippen molar-refractivity contribution >= 4 is 22.4 Å². The van der Waals surface area contributed by atoms with Crippen molar-refractivity contribution in [2.24, 2.45) is 0 Å². The van der Waals surface area contributed by atoms with E-state index in [0.29, 0.717) is 29.5 Å². The lowest BCUT2D eigenvalue weighted by atomic mass is 10.1. The fourth-order valence-corrected chi connectivity index (χ4v) is 4.41. The summed E-state index contributed by atoms with van der Waals surface area (Å²) in [5, 5.41) is 13.9. The summed E-state index contributed by atoms with van der Waals surface area (Å²) < 4.78 is 17.2. The van der Waals surface area contributed by atoms with Crippen LogP contribution in [0.25, 0.3) is 22.2 Å². The van der Waals surface area contributed by atoms with E-state index in [4.69, 9.17) is 18.9 Å². The van der Waals surface area contributed by atoms with Crippen molar-refractivity contribution in [3.8, 4) is 28.9 Å². The number of nitrogens with zero attached hydrogens (tertiary/aromatic N) is 4. The molecule has 180 valence electrons. The standard InChI is InChI=1S/C27H29N5O3/c1-31-9-11-32(12-10-31)8-4-13-34-26-17-23-19(16-25(26)33-2)15-20(18-28)27(30-23)29-22-7-14-35-24-6-3-5-21(22)24/h3,5-7,14-17H,4,8-13H2,1-2H3,(H,29,30). The van der Waals surface area contributed by atoms with Crippen LogP contribution in [0.2, 0.25) is 0 Å². The highest BCUT2D eigenvalue weighted by Crippen LogP contribution is 2.36. The summed E-state index contributed by atoms with van der Waals surface area (Å²) in [7, 11) is 3.79. The first-order chi connectivity index (χ1) is 17.1. The maximum absolute atomic E-state index is 9.76. The van der Waals surface area contributed by atoms with E-state index in [1.54, 1.807) is 13.4 Å². The minimum atomic E-state index is 0.445. The predicted molar refractivity (Wildman–Crippen MR) is 136 cm³/mol. The molecule has 3 heterocycles. The van der Waals surface area contributed by atoms with E-state index in [-0.39, 0.29) is 0 Å². The molecule has 1 aromatic heterocycles. The lowest BCUT2D eigenvalue weighted by molar-refractivity contribution is 0.145. The third kappa shape index (κ3) is 5.02. The number of methoxy groups -OCH3 is 1. The molecule has 0 unspecified atom stereocenters. The van der Waals surface area contributed by atoms with Gasteiger partial charge in [-0.1, -0.05) is 6.07 Å². The second-order valence-corrected chi connectivity index (χ2v) is 8.80. The van der Waals surface area contributed by atoms with Crippen LogP contribution in [-0.2, 0) is 0 Å². The zero-order valence-corrected chi connectivity index (χ0v) is 20.1. The molecular weight excluding hydrogens is 442 g/mol. The van der Waals surface area contributed by atoms with E-state index in [1.165, 1.54) is 0 Å². The number of nitriles is 1. The monoisotopic (exact) mass is 471 g/mol. The zero-order chi connectivity index (χ0) is 24.2. The van der Waals surface area contributed by atoms with Crippen molar-refractivity contribution in [3.63, 3.8) is 0 Å². The van der Waals surface area contributed by atoms with Gasteiger partial charge in [0, 0.05) is 49.7 Å². The third-order valence-corrected chi connectivity index (χ3v) is 6.44. The molecule has 8 nitrogen and oxygen atoms in total. The predicted octanol–water partition coefficient (Wildman–Crippen LogP) is 4.57. The van der Waals surface area contributed by atoms with Crippen LogP contribution in [0, 0.1) is 11.3 Å². The summed E-state index contributed by atoms with van der Waals surface area (Å²) in [5.74, 6) is 2.54. The van der Waals surface area contributed by atoms with Gasteiger partial charge in [0.05, 0.1) is 36.7 Å². The van der Waals surface area contributed by atoms with E-state index >= 15 is 0 Å². The summed E-state index contributed by atoms with van der Waals surface area (Å²) in [6.45, 7) is 6.04. The van der Waals surface area contributed by atoms with E-state index in [0.717, 1.165) is 67.1 Å². The molecular formula is C27H29N5O3. The molecule has 0 bridgehead atoms. The lowest BCUT2D eigenvalue weighted by Crippen LogP contribution is -2.44. The Labute approximate surface area is 205 Å². The van der Waals surface area contributed by atoms with Crippen molar-refractivity contribution in [2.75, 3.05) is 58.8 Å². The lowest BCUT2D eigenvalue weighted by Gasteiger charge is -2.32. The molecule has 3 aliphatic rings. The van der Waals surface area contributed by atoms with Gasteiger partial charge in [-0.2, -0.15) is 5.26 Å². The highest BCUT2D eigenvalue weighted by Gasteiger charge is 2.16. The number of likely N-dealkylation sites (N-methyl/N-ethyl adjacent to an activating group) is 1. The Bertz CT molecular complexity index is 1320. The number of hydrogen-bond acceptors (Lipinski definition) is 8. The maximum Gasteiger partial charge on any atom is 0.163 e. The molecule has 1 aliphatic carbocycles. The number of anilines is 2. The number of piperazine rings is 1. The van der Waals surface area contributed by atoms with E-state index in [1.807, 2.05) is 42.5 Å².